The Kier molecular flexibility index (Phi) is 4.65. The molecule has 100 valence electrons. The molecule has 0 radical (unpaired) electrons. The highest BCUT2D eigenvalue weighted by molar-refractivity contribution is 7.07. The Bertz CT molecular complexity index is 522. The number of rotatable bonds is 5. The summed E-state index contributed by atoms with van der Waals surface area (Å²) in [6, 6.07) is 7.83. The number of carbonyl (C=O) groups excluding carboxylic acids is 1. The molecule has 2 aromatic rings. The van der Waals surface area contributed by atoms with E-state index >= 15 is 0 Å². The van der Waals surface area contributed by atoms with E-state index in [0.29, 0.717) is 5.56 Å². The second-order valence-corrected chi connectivity index (χ2v) is 5.01. The molecule has 1 atom stereocenters. The van der Waals surface area contributed by atoms with Crippen LogP contribution in [0.2, 0.25) is 0 Å². The average Bonchev–Trinajstić information content (AvgIpc) is 2.98. The van der Waals surface area contributed by atoms with Gasteiger partial charge in [0.15, 0.2) is 0 Å². The van der Waals surface area contributed by atoms with Gasteiger partial charge in [-0.15, -0.1) is 11.3 Å². The van der Waals surface area contributed by atoms with Gasteiger partial charge < -0.3 is 10.6 Å². The van der Waals surface area contributed by atoms with Gasteiger partial charge in [0.2, 0.25) is 0 Å². The number of amides is 1. The summed E-state index contributed by atoms with van der Waals surface area (Å²) >= 11 is 1.60. The second-order valence-electron chi connectivity index (χ2n) is 4.29. The van der Waals surface area contributed by atoms with Gasteiger partial charge in [-0.2, -0.15) is 0 Å². The summed E-state index contributed by atoms with van der Waals surface area (Å²) in [4.78, 5) is 15.7. The lowest BCUT2D eigenvalue weighted by molar-refractivity contribution is 0.0963. The molecule has 0 aliphatic heterocycles. The van der Waals surface area contributed by atoms with Crippen molar-refractivity contribution in [3.63, 3.8) is 0 Å². The molecule has 0 bridgehead atoms. The molecule has 1 aromatic heterocycles. The van der Waals surface area contributed by atoms with Gasteiger partial charge in [0.25, 0.3) is 5.91 Å². The van der Waals surface area contributed by atoms with Crippen molar-refractivity contribution in [3.8, 4) is 0 Å². The molecule has 5 heteroatoms. The van der Waals surface area contributed by atoms with E-state index in [0.717, 1.165) is 17.8 Å². The number of nitrogens with zero attached hydrogens (tertiary/aromatic N) is 1. The third kappa shape index (κ3) is 3.62. The first-order valence-corrected chi connectivity index (χ1v) is 7.07. The maximum Gasteiger partial charge on any atom is 0.251 e. The van der Waals surface area contributed by atoms with Crippen LogP contribution in [-0.2, 0) is 6.54 Å². The minimum atomic E-state index is -0.0599. The van der Waals surface area contributed by atoms with Crippen molar-refractivity contribution in [2.45, 2.75) is 19.5 Å². The molecular weight excluding hydrogens is 258 g/mol. The summed E-state index contributed by atoms with van der Waals surface area (Å²) in [5.41, 5.74) is 4.73. The minimum absolute atomic E-state index is 0.0599. The van der Waals surface area contributed by atoms with Crippen molar-refractivity contribution in [3.05, 3.63) is 52.0 Å². The number of thiazole rings is 1. The highest BCUT2D eigenvalue weighted by Crippen LogP contribution is 2.13. The van der Waals surface area contributed by atoms with Gasteiger partial charge in [0, 0.05) is 30.6 Å². The van der Waals surface area contributed by atoms with Crippen LogP contribution in [0.5, 0.6) is 0 Å². The highest BCUT2D eigenvalue weighted by atomic mass is 32.1. The highest BCUT2D eigenvalue weighted by Gasteiger charge is 2.07. The van der Waals surface area contributed by atoms with E-state index in [1.807, 2.05) is 35.2 Å². The van der Waals surface area contributed by atoms with Crippen LogP contribution in [0.4, 0.5) is 0 Å². The maximum atomic E-state index is 11.4. The number of benzene rings is 1. The molecule has 19 heavy (non-hydrogen) atoms. The van der Waals surface area contributed by atoms with Gasteiger partial charge in [0.1, 0.15) is 0 Å². The summed E-state index contributed by atoms with van der Waals surface area (Å²) in [6.07, 6.45) is 0. The van der Waals surface area contributed by atoms with Crippen molar-refractivity contribution in [1.29, 1.82) is 0 Å². The fourth-order valence-corrected chi connectivity index (χ4v) is 2.38. The molecule has 1 unspecified atom stereocenters. The Labute approximate surface area is 116 Å². The van der Waals surface area contributed by atoms with Crippen LogP contribution in [0, 0.1) is 0 Å². The molecule has 0 aliphatic carbocycles. The summed E-state index contributed by atoms with van der Waals surface area (Å²) in [5.74, 6) is -0.0599. The van der Waals surface area contributed by atoms with E-state index in [1.54, 1.807) is 18.4 Å². The van der Waals surface area contributed by atoms with Crippen LogP contribution in [-0.4, -0.2) is 17.9 Å². The SMILES string of the molecule is CNC(=O)c1ccc(CNC(C)c2cscn2)cc1. The number of hydrogen-bond donors (Lipinski definition) is 2. The van der Waals surface area contributed by atoms with E-state index in [2.05, 4.69) is 22.5 Å². The standard InChI is InChI=1S/C14H17N3OS/c1-10(13-8-19-9-17-13)16-7-11-3-5-12(6-4-11)14(18)15-2/h3-6,8-10,16H,7H2,1-2H3,(H,15,18). The van der Waals surface area contributed by atoms with Crippen LogP contribution < -0.4 is 10.6 Å². The molecule has 0 saturated heterocycles. The molecule has 0 aliphatic rings. The Morgan fingerprint density at radius 2 is 2.11 bits per heavy atom. The number of aromatic nitrogens is 1. The van der Waals surface area contributed by atoms with Crippen molar-refractivity contribution in [2.24, 2.45) is 0 Å². The number of nitrogens with one attached hydrogen (secondary N) is 2. The van der Waals surface area contributed by atoms with E-state index in [1.165, 1.54) is 0 Å². The molecular formula is C14H17N3OS. The lowest BCUT2D eigenvalue weighted by Gasteiger charge is -2.11. The predicted octanol–water partition coefficient (Wildman–Crippen LogP) is 2.35. The number of carbonyl (C=O) groups is 1. The Morgan fingerprint density at radius 1 is 1.37 bits per heavy atom. The smallest absolute Gasteiger partial charge is 0.251 e. The first-order chi connectivity index (χ1) is 9.20. The zero-order valence-corrected chi connectivity index (χ0v) is 11.8. The molecule has 1 amide bonds. The fraction of sp³-hybridized carbons (Fsp3) is 0.286. The van der Waals surface area contributed by atoms with Crippen LogP contribution in [0.25, 0.3) is 0 Å². The van der Waals surface area contributed by atoms with E-state index in [4.69, 9.17) is 0 Å². The first kappa shape index (κ1) is 13.7. The largest absolute Gasteiger partial charge is 0.355 e. The van der Waals surface area contributed by atoms with Crippen LogP contribution in [0.15, 0.2) is 35.2 Å². The average molecular weight is 275 g/mol. The van der Waals surface area contributed by atoms with Crippen molar-refractivity contribution in [2.75, 3.05) is 7.05 Å². The van der Waals surface area contributed by atoms with Crippen molar-refractivity contribution >= 4 is 17.2 Å². The summed E-state index contributed by atoms with van der Waals surface area (Å²) < 4.78 is 0. The van der Waals surface area contributed by atoms with Gasteiger partial charge in [-0.1, -0.05) is 12.1 Å². The third-order valence-corrected chi connectivity index (χ3v) is 3.56. The Hall–Kier alpha value is -1.72. The quantitative estimate of drug-likeness (QED) is 0.880. The monoisotopic (exact) mass is 275 g/mol. The van der Waals surface area contributed by atoms with Gasteiger partial charge in [-0.05, 0) is 24.6 Å². The normalized spacial score (nSPS) is 12.1. The fourth-order valence-electron chi connectivity index (χ4n) is 1.73. The lowest BCUT2D eigenvalue weighted by atomic mass is 10.1. The van der Waals surface area contributed by atoms with Crippen LogP contribution in [0.1, 0.15) is 34.6 Å². The van der Waals surface area contributed by atoms with E-state index in [9.17, 15) is 4.79 Å². The summed E-state index contributed by atoms with van der Waals surface area (Å²) in [5, 5.41) is 8.06. The van der Waals surface area contributed by atoms with Crippen molar-refractivity contribution < 1.29 is 4.79 Å². The van der Waals surface area contributed by atoms with Gasteiger partial charge in [-0.3, -0.25) is 4.79 Å². The molecule has 2 N–H and O–H groups in total. The molecule has 4 nitrogen and oxygen atoms in total. The third-order valence-electron chi connectivity index (χ3n) is 2.95. The predicted molar refractivity (Wildman–Crippen MR) is 77.2 cm³/mol. The molecule has 0 spiro atoms. The first-order valence-electron chi connectivity index (χ1n) is 6.13. The number of hydrogen-bond acceptors (Lipinski definition) is 4. The van der Waals surface area contributed by atoms with Crippen molar-refractivity contribution in [1.82, 2.24) is 15.6 Å². The second kappa shape index (κ2) is 6.45. The van der Waals surface area contributed by atoms with E-state index in [-0.39, 0.29) is 11.9 Å². The Balaban J connectivity index is 1.91. The zero-order chi connectivity index (χ0) is 13.7. The molecule has 1 aromatic carbocycles. The molecule has 0 saturated carbocycles. The van der Waals surface area contributed by atoms with Gasteiger partial charge in [0.05, 0.1) is 11.2 Å². The topological polar surface area (TPSA) is 54.0 Å². The van der Waals surface area contributed by atoms with Gasteiger partial charge in [-0.25, -0.2) is 4.98 Å². The Morgan fingerprint density at radius 3 is 2.68 bits per heavy atom. The van der Waals surface area contributed by atoms with E-state index < -0.39 is 0 Å². The zero-order valence-electron chi connectivity index (χ0n) is 11.0. The lowest BCUT2D eigenvalue weighted by Crippen LogP contribution is -2.19. The molecule has 1 heterocycles. The van der Waals surface area contributed by atoms with Gasteiger partial charge >= 0.3 is 0 Å². The maximum absolute atomic E-state index is 11.4. The molecule has 0 fully saturated rings. The van der Waals surface area contributed by atoms with Crippen LogP contribution in [0.3, 0.4) is 0 Å². The summed E-state index contributed by atoms with van der Waals surface area (Å²) in [6.45, 7) is 2.85. The molecule has 2 rings (SSSR count). The summed E-state index contributed by atoms with van der Waals surface area (Å²) in [7, 11) is 1.63. The van der Waals surface area contributed by atoms with Crippen LogP contribution >= 0.6 is 11.3 Å². The minimum Gasteiger partial charge on any atom is -0.355 e.